The quantitative estimate of drug-likeness (QED) is 0.316. The number of fused-ring (bicyclic) bond motifs is 1. The van der Waals surface area contributed by atoms with Crippen LogP contribution < -0.4 is 5.32 Å². The number of nitrogens with one attached hydrogen (secondary N) is 1. The average Bonchev–Trinajstić information content (AvgIpc) is 3.33. The number of nitrogens with zero attached hydrogens (tertiary/aromatic N) is 1. The van der Waals surface area contributed by atoms with Crippen molar-refractivity contribution in [2.75, 3.05) is 11.5 Å². The molecular weight excluding hydrogens is 463 g/mol. The van der Waals surface area contributed by atoms with Crippen molar-refractivity contribution >= 4 is 39.0 Å². The molecule has 1 aromatic heterocycles. The second-order valence-corrected chi connectivity index (χ2v) is 11.0. The molecule has 0 saturated carbocycles. The van der Waals surface area contributed by atoms with Crippen molar-refractivity contribution in [3.63, 3.8) is 0 Å². The molecule has 1 atom stereocenters. The predicted octanol–water partition coefficient (Wildman–Crippen LogP) is 6.34. The van der Waals surface area contributed by atoms with Gasteiger partial charge in [0.2, 0.25) is 0 Å². The number of amides is 1. The van der Waals surface area contributed by atoms with Crippen molar-refractivity contribution < 1.29 is 18.3 Å². The van der Waals surface area contributed by atoms with Crippen LogP contribution in [0.25, 0.3) is 27.7 Å². The third-order valence-corrected chi connectivity index (χ3v) is 8.09. The highest BCUT2D eigenvalue weighted by Gasteiger charge is 2.29. The molecule has 33 heavy (non-hydrogen) atoms. The summed E-state index contributed by atoms with van der Waals surface area (Å²) >= 11 is 6.47. The Bertz CT molecular complexity index is 1350. The van der Waals surface area contributed by atoms with Crippen molar-refractivity contribution in [2.45, 2.75) is 12.5 Å². The fourth-order valence-electron chi connectivity index (χ4n) is 4.28. The van der Waals surface area contributed by atoms with E-state index in [1.807, 2.05) is 41.1 Å². The van der Waals surface area contributed by atoms with Crippen LogP contribution in [0.3, 0.4) is 0 Å². The summed E-state index contributed by atoms with van der Waals surface area (Å²) in [5.74, 6) is -0.107. The van der Waals surface area contributed by atoms with Crippen LogP contribution in [0.1, 0.15) is 16.8 Å². The minimum atomic E-state index is -2.60. The van der Waals surface area contributed by atoms with Crippen LogP contribution in [0.5, 0.6) is 0 Å². The molecule has 5 nitrogen and oxygen atoms in total. The van der Waals surface area contributed by atoms with E-state index < -0.39 is 10.6 Å². The van der Waals surface area contributed by atoms with Gasteiger partial charge in [0.15, 0.2) is 0 Å². The van der Waals surface area contributed by atoms with E-state index in [-0.39, 0.29) is 23.5 Å². The van der Waals surface area contributed by atoms with E-state index in [4.69, 9.17) is 11.6 Å². The first-order chi connectivity index (χ1) is 15.8. The Morgan fingerprint density at radius 3 is 2.52 bits per heavy atom. The summed E-state index contributed by atoms with van der Waals surface area (Å²) in [5, 5.41) is 4.42. The number of hydrogen-bond acceptors (Lipinski definition) is 3. The van der Waals surface area contributed by atoms with Gasteiger partial charge in [-0.25, -0.2) is 4.39 Å². The van der Waals surface area contributed by atoms with Crippen molar-refractivity contribution in [1.29, 1.82) is 0 Å². The zero-order chi connectivity index (χ0) is 23.2. The van der Waals surface area contributed by atoms with Crippen LogP contribution in [0.15, 0.2) is 72.9 Å². The summed E-state index contributed by atoms with van der Waals surface area (Å²) in [6.07, 6.45) is 2.48. The maximum Gasteiger partial charge on any atom is 0.251 e. The van der Waals surface area contributed by atoms with Crippen molar-refractivity contribution in [3.05, 3.63) is 89.3 Å². The Morgan fingerprint density at radius 1 is 1.06 bits per heavy atom. The third-order valence-electron chi connectivity index (χ3n) is 5.93. The van der Waals surface area contributed by atoms with Gasteiger partial charge in [0.05, 0.1) is 11.3 Å². The van der Waals surface area contributed by atoms with E-state index >= 15 is 0 Å². The molecule has 5 rings (SSSR count). The van der Waals surface area contributed by atoms with Gasteiger partial charge in [0.1, 0.15) is 5.82 Å². The zero-order valence-corrected chi connectivity index (χ0v) is 19.1. The van der Waals surface area contributed by atoms with Gasteiger partial charge in [-0.05, 0) is 48.9 Å². The van der Waals surface area contributed by atoms with Gasteiger partial charge in [-0.15, -0.1) is 0 Å². The molecule has 1 fully saturated rings. The first-order valence-corrected chi connectivity index (χ1v) is 12.8. The van der Waals surface area contributed by atoms with Crippen LogP contribution in [0.4, 0.5) is 4.39 Å². The first-order valence-electron chi connectivity index (χ1n) is 10.5. The molecule has 1 saturated heterocycles. The van der Waals surface area contributed by atoms with Crippen LogP contribution in [0, 0.1) is 5.82 Å². The smallest absolute Gasteiger partial charge is 0.251 e. The Kier molecular flexibility index (Phi) is 5.66. The van der Waals surface area contributed by atoms with E-state index in [1.165, 1.54) is 12.1 Å². The lowest BCUT2D eigenvalue weighted by Crippen LogP contribution is -2.35. The van der Waals surface area contributed by atoms with Crippen LogP contribution in [0.2, 0.25) is 5.02 Å². The summed E-state index contributed by atoms with van der Waals surface area (Å²) < 4.78 is 35.2. The molecular formula is C25H22ClFN2O3S. The van der Waals surface area contributed by atoms with Gasteiger partial charge in [0.25, 0.3) is 5.91 Å². The normalized spacial score (nSPS) is 18.4. The average molecular weight is 485 g/mol. The number of rotatable bonds is 4. The highest BCUT2D eigenvalue weighted by Crippen LogP contribution is 2.45. The molecule has 1 unspecified atom stereocenters. The monoisotopic (exact) mass is 484 g/mol. The fourth-order valence-corrected chi connectivity index (χ4v) is 6.24. The van der Waals surface area contributed by atoms with E-state index in [2.05, 4.69) is 5.32 Å². The van der Waals surface area contributed by atoms with Crippen LogP contribution in [-0.2, 0) is 0 Å². The van der Waals surface area contributed by atoms with E-state index in [0.717, 1.165) is 27.7 Å². The number of halogens is 2. The van der Waals surface area contributed by atoms with Gasteiger partial charge in [-0.2, -0.15) is 10.6 Å². The minimum Gasteiger partial charge on any atom is -0.348 e. The zero-order valence-electron chi connectivity index (χ0n) is 17.5. The Balaban J connectivity index is 1.59. The molecule has 0 aliphatic carbocycles. The number of benzene rings is 3. The Morgan fingerprint density at radius 2 is 1.82 bits per heavy atom. The third kappa shape index (κ3) is 4.37. The number of carbonyl (C=O) groups excluding carboxylic acids is 1. The summed E-state index contributed by atoms with van der Waals surface area (Å²) in [4.78, 5) is 12.9. The fraction of sp³-hybridized carbons (Fsp3) is 0.160. The first kappa shape index (κ1) is 22.0. The van der Waals surface area contributed by atoms with Gasteiger partial charge in [-0.3, -0.25) is 13.9 Å². The summed E-state index contributed by atoms with van der Waals surface area (Å²) in [6.45, 7) is 0. The molecule has 4 aromatic rings. The highest BCUT2D eigenvalue weighted by molar-refractivity contribution is 8.24. The van der Waals surface area contributed by atoms with E-state index in [0.29, 0.717) is 22.8 Å². The van der Waals surface area contributed by atoms with Crippen LogP contribution >= 0.6 is 22.2 Å². The maximum absolute atomic E-state index is 13.5. The maximum atomic E-state index is 13.5. The summed E-state index contributed by atoms with van der Waals surface area (Å²) in [5.41, 5.74) is 3.75. The van der Waals surface area contributed by atoms with Crippen molar-refractivity contribution in [3.8, 4) is 16.8 Å². The highest BCUT2D eigenvalue weighted by atomic mass is 35.5. The van der Waals surface area contributed by atoms with Gasteiger partial charge < -0.3 is 9.88 Å². The molecule has 1 aliphatic heterocycles. The van der Waals surface area contributed by atoms with Crippen molar-refractivity contribution in [2.24, 2.45) is 0 Å². The Labute approximate surface area is 197 Å². The SMILES string of the molecule is O=C(NC1CCS(O)(O)C1)c1ccc2c(-c3ccccc3Cl)cn(-c3ccc(F)cc3)c2c1. The number of carbonyl (C=O) groups is 1. The number of hydrogen-bond donors (Lipinski definition) is 3. The second kappa shape index (κ2) is 8.50. The predicted molar refractivity (Wildman–Crippen MR) is 132 cm³/mol. The van der Waals surface area contributed by atoms with E-state index in [1.54, 1.807) is 24.3 Å². The molecule has 3 aromatic carbocycles. The van der Waals surface area contributed by atoms with Crippen molar-refractivity contribution in [1.82, 2.24) is 9.88 Å². The van der Waals surface area contributed by atoms with Gasteiger partial charge >= 0.3 is 0 Å². The topological polar surface area (TPSA) is 74.5 Å². The lowest BCUT2D eigenvalue weighted by atomic mass is 10.0. The van der Waals surface area contributed by atoms with Gasteiger partial charge in [-0.1, -0.05) is 35.9 Å². The molecule has 1 amide bonds. The molecule has 0 spiro atoms. The molecule has 0 radical (unpaired) electrons. The standard InChI is InChI=1S/C25H22ClFN2O3S/c26-23-4-2-1-3-20(23)22-14-29(19-8-6-17(27)7-9-19)24-13-16(5-10-21(22)24)25(30)28-18-11-12-33(31,32)15-18/h1-10,13-14,18,31-32H,11-12,15H2,(H,28,30). The minimum absolute atomic E-state index is 0.184. The van der Waals surface area contributed by atoms with E-state index in [9.17, 15) is 18.3 Å². The number of aromatic nitrogens is 1. The summed E-state index contributed by atoms with van der Waals surface area (Å²) in [6, 6.07) is 18.9. The molecule has 0 bridgehead atoms. The Hall–Kier alpha value is -2.84. The van der Waals surface area contributed by atoms with Crippen LogP contribution in [-0.4, -0.2) is 37.1 Å². The molecule has 2 heterocycles. The molecule has 8 heteroatoms. The van der Waals surface area contributed by atoms with Gasteiger partial charge in [0, 0.05) is 50.8 Å². The molecule has 3 N–H and O–H groups in total. The molecule has 1 aliphatic rings. The lowest BCUT2D eigenvalue weighted by Gasteiger charge is -2.26. The molecule has 170 valence electrons. The summed E-state index contributed by atoms with van der Waals surface area (Å²) in [7, 11) is -2.60. The largest absolute Gasteiger partial charge is 0.348 e. The second-order valence-electron chi connectivity index (χ2n) is 8.23. The lowest BCUT2D eigenvalue weighted by molar-refractivity contribution is 0.0941.